The van der Waals surface area contributed by atoms with Crippen LogP contribution in [0.25, 0.3) is 11.1 Å². The fourth-order valence-corrected chi connectivity index (χ4v) is 3.05. The molecule has 4 rings (SSSR count). The van der Waals surface area contributed by atoms with Crippen molar-refractivity contribution in [1.82, 2.24) is 0 Å². The molecule has 0 saturated heterocycles. The number of anilines is 1. The summed E-state index contributed by atoms with van der Waals surface area (Å²) in [5.41, 5.74) is 7.05. The van der Waals surface area contributed by atoms with Gasteiger partial charge in [0.15, 0.2) is 11.6 Å². The van der Waals surface area contributed by atoms with Crippen LogP contribution in [0.15, 0.2) is 66.7 Å². The van der Waals surface area contributed by atoms with Gasteiger partial charge in [-0.1, -0.05) is 48.5 Å². The van der Waals surface area contributed by atoms with E-state index >= 15 is 0 Å². The summed E-state index contributed by atoms with van der Waals surface area (Å²) in [6.45, 7) is 0. The lowest BCUT2D eigenvalue weighted by molar-refractivity contribution is 0.101. The minimum absolute atomic E-state index is 0.119. The van der Waals surface area contributed by atoms with E-state index in [4.69, 9.17) is 5.84 Å². The molecule has 1 aliphatic carbocycles. The van der Waals surface area contributed by atoms with Gasteiger partial charge >= 0.3 is 0 Å². The van der Waals surface area contributed by atoms with Crippen LogP contribution in [0.1, 0.15) is 31.8 Å². The number of nitrogen functional groups attached to an aromatic ring is 1. The van der Waals surface area contributed by atoms with Gasteiger partial charge in [-0.15, -0.1) is 0 Å². The van der Waals surface area contributed by atoms with Crippen molar-refractivity contribution in [3.05, 3.63) is 89.0 Å². The van der Waals surface area contributed by atoms with Crippen molar-refractivity contribution in [2.45, 2.75) is 0 Å². The van der Waals surface area contributed by atoms with Crippen molar-refractivity contribution in [1.29, 1.82) is 0 Å². The zero-order valence-electron chi connectivity index (χ0n) is 12.7. The molecule has 3 aromatic rings. The van der Waals surface area contributed by atoms with E-state index in [1.54, 1.807) is 36.4 Å². The minimum Gasteiger partial charge on any atom is -0.324 e. The number of carbonyl (C=O) groups is 2. The number of nitrogens with two attached hydrogens (primary N) is 1. The molecule has 0 fully saturated rings. The topological polar surface area (TPSA) is 72.2 Å². The van der Waals surface area contributed by atoms with E-state index in [2.05, 4.69) is 5.43 Å². The molecule has 0 radical (unpaired) electrons. The van der Waals surface area contributed by atoms with Gasteiger partial charge in [0.25, 0.3) is 0 Å². The van der Waals surface area contributed by atoms with Crippen LogP contribution in [0.3, 0.4) is 0 Å². The van der Waals surface area contributed by atoms with Crippen molar-refractivity contribution < 1.29 is 9.59 Å². The molecule has 4 nitrogen and oxygen atoms in total. The monoisotopic (exact) mass is 314 g/mol. The van der Waals surface area contributed by atoms with Crippen LogP contribution in [0, 0.1) is 0 Å². The molecule has 116 valence electrons. The van der Waals surface area contributed by atoms with Crippen LogP contribution in [0.4, 0.5) is 5.69 Å². The Kier molecular flexibility index (Phi) is 3.25. The highest BCUT2D eigenvalue weighted by Gasteiger charge is 2.26. The quantitative estimate of drug-likeness (QED) is 0.439. The van der Waals surface area contributed by atoms with E-state index in [1.165, 1.54) is 0 Å². The van der Waals surface area contributed by atoms with Crippen LogP contribution in [-0.2, 0) is 0 Å². The third-order valence-electron chi connectivity index (χ3n) is 4.31. The maximum atomic E-state index is 13.0. The fraction of sp³-hybridized carbons (Fsp3) is 0. The molecule has 0 unspecified atom stereocenters. The Labute approximate surface area is 138 Å². The first-order chi connectivity index (χ1) is 11.7. The Hall–Kier alpha value is -3.24. The lowest BCUT2D eigenvalue weighted by atomic mass is 9.94. The number of carbonyl (C=O) groups excluding carboxylic acids is 2. The van der Waals surface area contributed by atoms with Crippen LogP contribution < -0.4 is 11.3 Å². The van der Waals surface area contributed by atoms with Crippen LogP contribution in [0.2, 0.25) is 0 Å². The van der Waals surface area contributed by atoms with Gasteiger partial charge in [-0.3, -0.25) is 15.4 Å². The molecule has 3 aromatic carbocycles. The third kappa shape index (κ3) is 2.13. The number of hydrazine groups is 1. The van der Waals surface area contributed by atoms with Crippen molar-refractivity contribution in [2.75, 3.05) is 5.43 Å². The average Bonchev–Trinajstić information content (AvgIpc) is 2.73. The maximum Gasteiger partial charge on any atom is 0.194 e. The first-order valence-electron chi connectivity index (χ1n) is 7.58. The molecule has 0 heterocycles. The first kappa shape index (κ1) is 14.4. The molecule has 0 saturated carbocycles. The summed E-state index contributed by atoms with van der Waals surface area (Å²) in [5, 5.41) is 0. The maximum absolute atomic E-state index is 13.0. The van der Waals surface area contributed by atoms with E-state index in [1.807, 2.05) is 30.3 Å². The van der Waals surface area contributed by atoms with Gasteiger partial charge < -0.3 is 5.43 Å². The molecule has 0 aliphatic heterocycles. The summed E-state index contributed by atoms with van der Waals surface area (Å²) in [5.74, 6) is 5.14. The van der Waals surface area contributed by atoms with Crippen molar-refractivity contribution >= 4 is 17.3 Å². The van der Waals surface area contributed by atoms with Crippen molar-refractivity contribution in [3.8, 4) is 11.1 Å². The number of hydrogen-bond donors (Lipinski definition) is 2. The zero-order valence-corrected chi connectivity index (χ0v) is 12.7. The Morgan fingerprint density at radius 1 is 0.625 bits per heavy atom. The molecule has 3 N–H and O–H groups in total. The van der Waals surface area contributed by atoms with E-state index in [0.29, 0.717) is 22.3 Å². The Balaban J connectivity index is 1.93. The average molecular weight is 314 g/mol. The summed E-state index contributed by atoms with van der Waals surface area (Å²) < 4.78 is 0. The summed E-state index contributed by atoms with van der Waals surface area (Å²) in [4.78, 5) is 25.6. The highest BCUT2D eigenvalue weighted by molar-refractivity contribution is 6.24. The number of hydrogen-bond acceptors (Lipinski definition) is 4. The first-order valence-corrected chi connectivity index (χ1v) is 7.58. The van der Waals surface area contributed by atoms with Gasteiger partial charge in [-0.05, 0) is 29.3 Å². The van der Waals surface area contributed by atoms with Gasteiger partial charge in [0.05, 0.1) is 0 Å². The second kappa shape index (κ2) is 5.44. The third-order valence-corrected chi connectivity index (χ3v) is 4.31. The van der Waals surface area contributed by atoms with Gasteiger partial charge in [0, 0.05) is 27.9 Å². The van der Waals surface area contributed by atoms with Crippen LogP contribution in [0.5, 0.6) is 0 Å². The van der Waals surface area contributed by atoms with E-state index in [9.17, 15) is 9.59 Å². The number of ketones is 2. The highest BCUT2D eigenvalue weighted by Crippen LogP contribution is 2.32. The molecule has 0 aromatic heterocycles. The molecular formula is C20H14N2O2. The number of fused-ring (bicyclic) bond motifs is 3. The standard InChI is InChI=1S/C20H14N2O2/c21-22-14-8-5-12(6-9-14)15-10-7-13-11-18(15)20(24)17-4-2-1-3-16(17)19(13)23/h1-11,22H,21H2. The lowest BCUT2D eigenvalue weighted by Gasteiger charge is -2.09. The minimum atomic E-state index is -0.130. The predicted octanol–water partition coefficient (Wildman–Crippen LogP) is 3.41. The largest absolute Gasteiger partial charge is 0.324 e. The molecule has 0 amide bonds. The van der Waals surface area contributed by atoms with Gasteiger partial charge in [0.1, 0.15) is 0 Å². The number of benzene rings is 3. The SMILES string of the molecule is NNc1ccc(-c2ccc3cc2C(=O)c2ccccc2C3=O)cc1. The summed E-state index contributed by atoms with van der Waals surface area (Å²) in [6.07, 6.45) is 0. The molecule has 0 spiro atoms. The molecular weight excluding hydrogens is 300 g/mol. The molecule has 24 heavy (non-hydrogen) atoms. The fourth-order valence-electron chi connectivity index (χ4n) is 3.05. The van der Waals surface area contributed by atoms with E-state index in [-0.39, 0.29) is 11.6 Å². The second-order valence-electron chi connectivity index (χ2n) is 5.69. The van der Waals surface area contributed by atoms with Gasteiger partial charge in [0.2, 0.25) is 0 Å². The Morgan fingerprint density at radius 2 is 1.25 bits per heavy atom. The van der Waals surface area contributed by atoms with Crippen LogP contribution in [-0.4, -0.2) is 11.6 Å². The lowest BCUT2D eigenvalue weighted by Crippen LogP contribution is -2.07. The van der Waals surface area contributed by atoms with Gasteiger partial charge in [-0.25, -0.2) is 0 Å². The molecule has 0 atom stereocenters. The van der Waals surface area contributed by atoms with Gasteiger partial charge in [-0.2, -0.15) is 0 Å². The second-order valence-corrected chi connectivity index (χ2v) is 5.69. The Morgan fingerprint density at radius 3 is 1.92 bits per heavy atom. The van der Waals surface area contributed by atoms with Crippen LogP contribution >= 0.6 is 0 Å². The van der Waals surface area contributed by atoms with E-state index in [0.717, 1.165) is 16.8 Å². The van der Waals surface area contributed by atoms with E-state index < -0.39 is 0 Å². The summed E-state index contributed by atoms with van der Waals surface area (Å²) in [6, 6.07) is 19.7. The summed E-state index contributed by atoms with van der Waals surface area (Å²) >= 11 is 0. The summed E-state index contributed by atoms with van der Waals surface area (Å²) in [7, 11) is 0. The molecule has 4 heteroatoms. The van der Waals surface area contributed by atoms with Crippen molar-refractivity contribution in [2.24, 2.45) is 5.84 Å². The smallest absolute Gasteiger partial charge is 0.194 e. The number of nitrogens with one attached hydrogen (secondary N) is 1. The normalized spacial score (nSPS) is 12.5. The van der Waals surface area contributed by atoms with Crippen molar-refractivity contribution in [3.63, 3.8) is 0 Å². The molecule has 1 aliphatic rings. The highest BCUT2D eigenvalue weighted by atomic mass is 16.1. The molecule has 2 bridgehead atoms. The zero-order chi connectivity index (χ0) is 16.7. The number of rotatable bonds is 2. The predicted molar refractivity (Wildman–Crippen MR) is 93.0 cm³/mol. The Bertz CT molecular complexity index is 975.